The van der Waals surface area contributed by atoms with E-state index in [2.05, 4.69) is 9.97 Å². The molecule has 2 aromatic carbocycles. The summed E-state index contributed by atoms with van der Waals surface area (Å²) in [5.74, 6) is 0. The zero-order chi connectivity index (χ0) is 20.5. The highest BCUT2D eigenvalue weighted by Crippen LogP contribution is 2.43. The van der Waals surface area contributed by atoms with Gasteiger partial charge in [-0.25, -0.2) is 9.78 Å². The Kier molecular flexibility index (Phi) is 5.12. The van der Waals surface area contributed by atoms with Crippen LogP contribution in [0.5, 0.6) is 0 Å². The van der Waals surface area contributed by atoms with Gasteiger partial charge in [-0.2, -0.15) is 0 Å². The second-order valence-electron chi connectivity index (χ2n) is 6.75. The van der Waals surface area contributed by atoms with E-state index in [1.54, 1.807) is 7.05 Å². The van der Waals surface area contributed by atoms with Crippen LogP contribution < -0.4 is 11.2 Å². The summed E-state index contributed by atoms with van der Waals surface area (Å²) in [6, 6.07) is 19.0. The van der Waals surface area contributed by atoms with Crippen molar-refractivity contribution < 1.29 is 5.11 Å². The Morgan fingerprint density at radius 1 is 0.931 bits per heavy atom. The SMILES string of the molecule is Cn1c(=O)c2[nH]c(S[C@H](c3ccccc3)[C@@H](O)c3ccccc3)nc2n(C)c1=O. The molecule has 0 radical (unpaired) electrons. The molecule has 7 nitrogen and oxygen atoms in total. The van der Waals surface area contributed by atoms with Gasteiger partial charge >= 0.3 is 5.69 Å². The molecule has 2 atom stereocenters. The number of aromatic nitrogens is 4. The molecule has 0 fully saturated rings. The molecule has 0 aliphatic carbocycles. The molecular weight excluding hydrogens is 388 g/mol. The number of hydrogen-bond acceptors (Lipinski definition) is 5. The van der Waals surface area contributed by atoms with Gasteiger partial charge in [0, 0.05) is 14.1 Å². The van der Waals surface area contributed by atoms with Crippen molar-refractivity contribution in [2.24, 2.45) is 14.1 Å². The van der Waals surface area contributed by atoms with E-state index >= 15 is 0 Å². The van der Waals surface area contributed by atoms with Gasteiger partial charge in [0.15, 0.2) is 16.3 Å². The maximum Gasteiger partial charge on any atom is 0.332 e. The summed E-state index contributed by atoms with van der Waals surface area (Å²) in [6.07, 6.45) is -0.788. The number of H-pyrrole nitrogens is 1. The Morgan fingerprint density at radius 3 is 2.14 bits per heavy atom. The topological polar surface area (TPSA) is 92.9 Å². The molecule has 0 bridgehead atoms. The van der Waals surface area contributed by atoms with Gasteiger partial charge in [0.25, 0.3) is 5.56 Å². The molecule has 2 N–H and O–H groups in total. The first-order valence-electron chi connectivity index (χ1n) is 9.07. The van der Waals surface area contributed by atoms with Gasteiger partial charge in [0.2, 0.25) is 0 Å². The molecule has 8 heteroatoms. The number of aromatic amines is 1. The van der Waals surface area contributed by atoms with Crippen LogP contribution in [0, 0.1) is 0 Å². The number of benzene rings is 2. The van der Waals surface area contributed by atoms with E-state index < -0.39 is 17.4 Å². The van der Waals surface area contributed by atoms with Gasteiger partial charge < -0.3 is 10.1 Å². The second-order valence-corrected chi connectivity index (χ2v) is 7.88. The van der Waals surface area contributed by atoms with Crippen LogP contribution in [0.25, 0.3) is 11.2 Å². The number of thioether (sulfide) groups is 1. The second kappa shape index (κ2) is 7.73. The third-order valence-corrected chi connectivity index (χ3v) is 6.07. The number of aliphatic hydroxyl groups excluding tert-OH is 1. The molecule has 0 spiro atoms. The van der Waals surface area contributed by atoms with Crippen LogP contribution in [0.4, 0.5) is 0 Å². The lowest BCUT2D eigenvalue weighted by atomic mass is 10.0. The van der Waals surface area contributed by atoms with Gasteiger partial charge in [0.05, 0.1) is 11.4 Å². The Balaban J connectivity index is 1.79. The van der Waals surface area contributed by atoms with E-state index in [1.807, 2.05) is 60.7 Å². The molecule has 4 aromatic rings. The molecule has 0 aliphatic heterocycles. The molecule has 2 heterocycles. The van der Waals surface area contributed by atoms with E-state index in [-0.39, 0.29) is 10.8 Å². The molecule has 0 amide bonds. The van der Waals surface area contributed by atoms with Gasteiger partial charge in [-0.15, -0.1) is 0 Å². The molecule has 2 aromatic heterocycles. The molecule has 0 aliphatic rings. The first-order valence-corrected chi connectivity index (χ1v) is 9.95. The van der Waals surface area contributed by atoms with Crippen molar-refractivity contribution in [1.29, 1.82) is 0 Å². The fourth-order valence-electron chi connectivity index (χ4n) is 3.26. The maximum atomic E-state index is 12.4. The molecule has 4 rings (SSSR count). The monoisotopic (exact) mass is 408 g/mol. The minimum absolute atomic E-state index is 0.262. The quantitative estimate of drug-likeness (QED) is 0.495. The van der Waals surface area contributed by atoms with Crippen molar-refractivity contribution in [3.63, 3.8) is 0 Å². The minimum atomic E-state index is -0.788. The highest BCUT2D eigenvalue weighted by molar-refractivity contribution is 7.99. The van der Waals surface area contributed by atoms with Gasteiger partial charge in [-0.3, -0.25) is 13.9 Å². The van der Waals surface area contributed by atoms with E-state index in [1.165, 1.54) is 23.4 Å². The van der Waals surface area contributed by atoms with Crippen molar-refractivity contribution in [1.82, 2.24) is 19.1 Å². The van der Waals surface area contributed by atoms with Crippen LogP contribution in [-0.4, -0.2) is 24.2 Å². The molecule has 0 saturated carbocycles. The fraction of sp³-hybridized carbons (Fsp3) is 0.190. The van der Waals surface area contributed by atoms with Gasteiger partial charge in [-0.05, 0) is 11.1 Å². The smallest absolute Gasteiger partial charge is 0.332 e. The van der Waals surface area contributed by atoms with Crippen molar-refractivity contribution in [2.45, 2.75) is 16.5 Å². The zero-order valence-corrected chi connectivity index (χ0v) is 16.8. The van der Waals surface area contributed by atoms with Crippen molar-refractivity contribution in [3.05, 3.63) is 92.6 Å². The van der Waals surface area contributed by atoms with Crippen molar-refractivity contribution in [3.8, 4) is 0 Å². The normalized spacial score (nSPS) is 13.5. The summed E-state index contributed by atoms with van der Waals surface area (Å²) in [5.41, 5.74) is 1.40. The maximum absolute atomic E-state index is 12.4. The first kappa shape index (κ1) is 19.2. The largest absolute Gasteiger partial charge is 0.387 e. The number of nitrogens with zero attached hydrogens (tertiary/aromatic N) is 3. The first-order chi connectivity index (χ1) is 14.0. The molecule has 148 valence electrons. The predicted octanol–water partition coefficient (Wildman–Crippen LogP) is 2.53. The lowest BCUT2D eigenvalue weighted by Gasteiger charge is -2.22. The summed E-state index contributed by atoms with van der Waals surface area (Å²) in [7, 11) is 3.01. The minimum Gasteiger partial charge on any atom is -0.387 e. The molecule has 0 unspecified atom stereocenters. The lowest BCUT2D eigenvalue weighted by Crippen LogP contribution is -2.36. The number of aliphatic hydroxyl groups is 1. The van der Waals surface area contributed by atoms with Crippen LogP contribution in [-0.2, 0) is 14.1 Å². The average molecular weight is 408 g/mol. The molecule has 29 heavy (non-hydrogen) atoms. The summed E-state index contributed by atoms with van der Waals surface area (Å²) < 4.78 is 2.38. The van der Waals surface area contributed by atoms with Crippen LogP contribution in [0.15, 0.2) is 75.4 Å². The Hall–Kier alpha value is -3.10. The van der Waals surface area contributed by atoms with Crippen LogP contribution in [0.3, 0.4) is 0 Å². The highest BCUT2D eigenvalue weighted by atomic mass is 32.2. The van der Waals surface area contributed by atoms with Crippen LogP contribution in [0.2, 0.25) is 0 Å². The number of nitrogens with one attached hydrogen (secondary N) is 1. The Labute approximate surface area is 170 Å². The van der Waals surface area contributed by atoms with Crippen molar-refractivity contribution in [2.75, 3.05) is 0 Å². The van der Waals surface area contributed by atoms with E-state index in [9.17, 15) is 14.7 Å². The summed E-state index contributed by atoms with van der Waals surface area (Å²) in [6.45, 7) is 0. The van der Waals surface area contributed by atoms with Gasteiger partial charge in [-0.1, -0.05) is 72.4 Å². The number of hydrogen-bond donors (Lipinski definition) is 2. The number of aryl methyl sites for hydroxylation is 1. The summed E-state index contributed by atoms with van der Waals surface area (Å²) in [4.78, 5) is 32.1. The lowest BCUT2D eigenvalue weighted by molar-refractivity contribution is 0.175. The van der Waals surface area contributed by atoms with Gasteiger partial charge in [0.1, 0.15) is 0 Å². The number of rotatable bonds is 5. The zero-order valence-electron chi connectivity index (χ0n) is 15.9. The van der Waals surface area contributed by atoms with Crippen LogP contribution >= 0.6 is 11.8 Å². The van der Waals surface area contributed by atoms with Crippen molar-refractivity contribution >= 4 is 22.9 Å². The van der Waals surface area contributed by atoms with Crippen LogP contribution in [0.1, 0.15) is 22.5 Å². The third-order valence-electron chi connectivity index (χ3n) is 4.87. The Morgan fingerprint density at radius 2 is 1.52 bits per heavy atom. The standard InChI is InChI=1S/C21H20N4O3S/c1-24-18-15(19(27)25(2)21(24)28)22-20(23-18)29-17(14-11-7-4-8-12-14)16(26)13-9-5-3-6-10-13/h3-12,16-17,26H,1-2H3,(H,22,23)/t16-,17+/m0/s1. The van der Waals surface area contributed by atoms with E-state index in [0.717, 1.165) is 15.7 Å². The summed E-state index contributed by atoms with van der Waals surface area (Å²) >= 11 is 1.32. The Bertz CT molecular complexity index is 1260. The highest BCUT2D eigenvalue weighted by Gasteiger charge is 2.26. The fourth-order valence-corrected chi connectivity index (χ4v) is 4.38. The predicted molar refractivity (Wildman–Crippen MR) is 113 cm³/mol. The summed E-state index contributed by atoms with van der Waals surface area (Å²) in [5, 5.41) is 11.2. The molecular formula is C21H20N4O3S. The average Bonchev–Trinajstić information content (AvgIpc) is 3.19. The van der Waals surface area contributed by atoms with E-state index in [0.29, 0.717) is 10.8 Å². The third kappa shape index (κ3) is 3.52. The number of imidazole rings is 1. The number of fused-ring (bicyclic) bond motifs is 1. The molecule has 0 saturated heterocycles. The van der Waals surface area contributed by atoms with E-state index in [4.69, 9.17) is 0 Å².